The Morgan fingerprint density at radius 2 is 2.50 bits per heavy atom. The molecule has 0 aliphatic heterocycles. The van der Waals surface area contributed by atoms with Gasteiger partial charge < -0.3 is 9.84 Å². The summed E-state index contributed by atoms with van der Waals surface area (Å²) in [6.07, 6.45) is 5.81. The lowest BCUT2D eigenvalue weighted by atomic mass is 9.83. The van der Waals surface area contributed by atoms with Crippen molar-refractivity contribution in [3.8, 4) is 0 Å². The number of aryl methyl sites for hydroxylation is 1. The Balaban J connectivity index is 1.84. The van der Waals surface area contributed by atoms with E-state index in [4.69, 9.17) is 4.52 Å². The number of anilines is 1. The first-order valence-electron chi connectivity index (χ1n) is 4.97. The van der Waals surface area contributed by atoms with Crippen LogP contribution in [-0.2, 0) is 4.79 Å². The lowest BCUT2D eigenvalue weighted by Crippen LogP contribution is -2.20. The molecule has 1 aliphatic rings. The number of nitrogens with zero attached hydrogens (tertiary/aromatic N) is 1. The lowest BCUT2D eigenvalue weighted by Gasteiger charge is -2.24. The second-order valence-electron chi connectivity index (χ2n) is 3.84. The van der Waals surface area contributed by atoms with Gasteiger partial charge in [0.15, 0.2) is 5.76 Å². The van der Waals surface area contributed by atoms with Crippen LogP contribution in [0.3, 0.4) is 0 Å². The van der Waals surface area contributed by atoms with Crippen LogP contribution in [0.2, 0.25) is 0 Å². The summed E-state index contributed by atoms with van der Waals surface area (Å²) in [7, 11) is 0. The van der Waals surface area contributed by atoms with Crippen LogP contribution < -0.4 is 5.32 Å². The van der Waals surface area contributed by atoms with Gasteiger partial charge in [0.25, 0.3) is 0 Å². The van der Waals surface area contributed by atoms with Crippen LogP contribution in [0.15, 0.2) is 10.7 Å². The summed E-state index contributed by atoms with van der Waals surface area (Å²) < 4.78 is 4.85. The average molecular weight is 194 g/mol. The van der Waals surface area contributed by atoms with Gasteiger partial charge in [0.2, 0.25) is 5.91 Å². The largest absolute Gasteiger partial charge is 0.359 e. The molecule has 0 aromatic carbocycles. The number of amides is 1. The summed E-state index contributed by atoms with van der Waals surface area (Å²) in [5.74, 6) is 1.32. The number of nitrogens with one attached hydrogen (secondary N) is 1. The van der Waals surface area contributed by atoms with Crippen LogP contribution in [0.5, 0.6) is 0 Å². The lowest BCUT2D eigenvalue weighted by molar-refractivity contribution is -0.117. The molecule has 1 aromatic rings. The number of hydrogen-bond donors (Lipinski definition) is 1. The van der Waals surface area contributed by atoms with E-state index in [0.717, 1.165) is 0 Å². The molecule has 4 heteroatoms. The molecule has 2 rings (SSSR count). The summed E-state index contributed by atoms with van der Waals surface area (Å²) in [5.41, 5.74) is 0.689. The van der Waals surface area contributed by atoms with Crippen LogP contribution in [0.1, 0.15) is 31.4 Å². The number of aromatic nitrogens is 1. The van der Waals surface area contributed by atoms with Gasteiger partial charge in [-0.25, -0.2) is 0 Å². The first kappa shape index (κ1) is 9.24. The fourth-order valence-electron chi connectivity index (χ4n) is 1.58. The number of carbonyl (C=O) groups is 1. The van der Waals surface area contributed by atoms with Crippen molar-refractivity contribution >= 4 is 11.6 Å². The van der Waals surface area contributed by atoms with Crippen molar-refractivity contribution in [2.24, 2.45) is 5.92 Å². The highest BCUT2D eigenvalue weighted by Crippen LogP contribution is 2.29. The Bertz CT molecular complexity index is 329. The van der Waals surface area contributed by atoms with Crippen LogP contribution >= 0.6 is 0 Å². The minimum absolute atomic E-state index is 0.0704. The fourth-order valence-corrected chi connectivity index (χ4v) is 1.58. The van der Waals surface area contributed by atoms with Gasteiger partial charge in [-0.05, 0) is 25.7 Å². The maximum absolute atomic E-state index is 11.5. The second kappa shape index (κ2) is 3.82. The Labute approximate surface area is 82.7 Å². The van der Waals surface area contributed by atoms with Gasteiger partial charge >= 0.3 is 0 Å². The van der Waals surface area contributed by atoms with E-state index in [1.165, 1.54) is 25.5 Å². The van der Waals surface area contributed by atoms with Crippen molar-refractivity contribution in [2.75, 3.05) is 5.32 Å². The minimum Gasteiger partial charge on any atom is -0.359 e. The van der Waals surface area contributed by atoms with E-state index in [2.05, 4.69) is 10.5 Å². The van der Waals surface area contributed by atoms with Crippen molar-refractivity contribution in [3.05, 3.63) is 12.0 Å². The second-order valence-corrected chi connectivity index (χ2v) is 3.84. The molecule has 4 nitrogen and oxygen atoms in total. The molecule has 0 unspecified atom stereocenters. The Hall–Kier alpha value is -1.32. The van der Waals surface area contributed by atoms with E-state index in [-0.39, 0.29) is 5.91 Å². The summed E-state index contributed by atoms with van der Waals surface area (Å²) in [6, 6.07) is 0. The van der Waals surface area contributed by atoms with Gasteiger partial charge in [0.1, 0.15) is 5.69 Å². The van der Waals surface area contributed by atoms with Gasteiger partial charge in [0.05, 0.1) is 6.20 Å². The topological polar surface area (TPSA) is 55.1 Å². The van der Waals surface area contributed by atoms with Crippen LogP contribution in [0.25, 0.3) is 0 Å². The average Bonchev–Trinajstić information content (AvgIpc) is 2.45. The smallest absolute Gasteiger partial charge is 0.224 e. The maximum atomic E-state index is 11.5. The highest BCUT2D eigenvalue weighted by atomic mass is 16.5. The quantitative estimate of drug-likeness (QED) is 0.801. The van der Waals surface area contributed by atoms with Gasteiger partial charge in [-0.3, -0.25) is 4.79 Å². The summed E-state index contributed by atoms with van der Waals surface area (Å²) in [6.45, 7) is 1.78. The highest BCUT2D eigenvalue weighted by Gasteiger charge is 2.21. The Morgan fingerprint density at radius 3 is 3.00 bits per heavy atom. The SMILES string of the molecule is Cc1oncc1NC(=O)CC1CCC1. The molecule has 1 amide bonds. The molecule has 0 spiro atoms. The van der Waals surface area contributed by atoms with Crippen molar-refractivity contribution in [1.29, 1.82) is 0 Å². The zero-order valence-corrected chi connectivity index (χ0v) is 8.25. The molecule has 1 N–H and O–H groups in total. The summed E-state index contributed by atoms with van der Waals surface area (Å²) >= 11 is 0. The third kappa shape index (κ3) is 1.95. The molecule has 0 saturated heterocycles. The molecule has 1 saturated carbocycles. The molecule has 14 heavy (non-hydrogen) atoms. The van der Waals surface area contributed by atoms with Gasteiger partial charge in [0, 0.05) is 6.42 Å². The zero-order chi connectivity index (χ0) is 9.97. The van der Waals surface area contributed by atoms with Gasteiger partial charge in [-0.15, -0.1) is 0 Å². The molecular weight excluding hydrogens is 180 g/mol. The zero-order valence-electron chi connectivity index (χ0n) is 8.25. The maximum Gasteiger partial charge on any atom is 0.224 e. The third-order valence-electron chi connectivity index (χ3n) is 2.72. The summed E-state index contributed by atoms with van der Waals surface area (Å²) in [4.78, 5) is 11.5. The number of rotatable bonds is 3. The molecule has 0 bridgehead atoms. The standard InChI is InChI=1S/C10H14N2O2/c1-7-9(6-11-14-7)12-10(13)5-8-3-2-4-8/h6,8H,2-5H2,1H3,(H,12,13). The van der Waals surface area contributed by atoms with Gasteiger partial charge in [-0.1, -0.05) is 11.6 Å². The van der Waals surface area contributed by atoms with Crippen molar-refractivity contribution in [1.82, 2.24) is 5.16 Å². The van der Waals surface area contributed by atoms with Crippen molar-refractivity contribution < 1.29 is 9.32 Å². The van der Waals surface area contributed by atoms with Crippen molar-refractivity contribution in [3.63, 3.8) is 0 Å². The highest BCUT2D eigenvalue weighted by molar-refractivity contribution is 5.91. The predicted molar refractivity (Wildman–Crippen MR) is 51.8 cm³/mol. The van der Waals surface area contributed by atoms with E-state index in [1.54, 1.807) is 6.92 Å². The van der Waals surface area contributed by atoms with Crippen LogP contribution in [-0.4, -0.2) is 11.1 Å². The van der Waals surface area contributed by atoms with Crippen LogP contribution in [0.4, 0.5) is 5.69 Å². The molecular formula is C10H14N2O2. The predicted octanol–water partition coefficient (Wildman–Crippen LogP) is 2.11. The van der Waals surface area contributed by atoms with Crippen molar-refractivity contribution in [2.45, 2.75) is 32.6 Å². The van der Waals surface area contributed by atoms with Crippen LogP contribution in [0, 0.1) is 12.8 Å². The molecule has 0 atom stereocenters. The number of hydrogen-bond acceptors (Lipinski definition) is 3. The molecule has 1 fully saturated rings. The molecule has 1 aromatic heterocycles. The molecule has 1 heterocycles. The summed E-state index contributed by atoms with van der Waals surface area (Å²) in [5, 5.41) is 6.39. The monoisotopic (exact) mass is 194 g/mol. The van der Waals surface area contributed by atoms with E-state index in [0.29, 0.717) is 23.8 Å². The van der Waals surface area contributed by atoms with E-state index >= 15 is 0 Å². The Kier molecular flexibility index (Phi) is 2.52. The first-order chi connectivity index (χ1) is 6.75. The normalized spacial score (nSPS) is 16.4. The van der Waals surface area contributed by atoms with E-state index in [9.17, 15) is 4.79 Å². The third-order valence-corrected chi connectivity index (χ3v) is 2.72. The molecule has 1 aliphatic carbocycles. The van der Waals surface area contributed by atoms with E-state index < -0.39 is 0 Å². The Morgan fingerprint density at radius 1 is 1.71 bits per heavy atom. The van der Waals surface area contributed by atoms with E-state index in [1.807, 2.05) is 0 Å². The molecule has 0 radical (unpaired) electrons. The number of carbonyl (C=O) groups excluding carboxylic acids is 1. The molecule has 76 valence electrons. The first-order valence-corrected chi connectivity index (χ1v) is 4.97. The minimum atomic E-state index is 0.0704. The fraction of sp³-hybridized carbons (Fsp3) is 0.600. The van der Waals surface area contributed by atoms with Gasteiger partial charge in [-0.2, -0.15) is 0 Å².